The molecule has 186 valence electrons. The molecule has 1 unspecified atom stereocenters. The van der Waals surface area contributed by atoms with Crippen LogP contribution in [0.15, 0.2) is 60.9 Å². The van der Waals surface area contributed by atoms with Crippen molar-refractivity contribution in [1.29, 1.82) is 5.26 Å². The molecule has 2 fully saturated rings. The van der Waals surface area contributed by atoms with Crippen molar-refractivity contribution in [2.45, 2.75) is 50.2 Å². The lowest BCUT2D eigenvalue weighted by Gasteiger charge is -2.34. The van der Waals surface area contributed by atoms with Crippen molar-refractivity contribution in [3.05, 3.63) is 83.4 Å². The Labute approximate surface area is 215 Å². The van der Waals surface area contributed by atoms with Crippen LogP contribution in [-0.2, 0) is 10.4 Å². The minimum absolute atomic E-state index is 0.119. The fourth-order valence-corrected chi connectivity index (χ4v) is 5.86. The van der Waals surface area contributed by atoms with E-state index in [0.29, 0.717) is 41.5 Å². The van der Waals surface area contributed by atoms with E-state index in [1.807, 2.05) is 45.8 Å². The van der Waals surface area contributed by atoms with Gasteiger partial charge in [0.2, 0.25) is 5.91 Å². The average Bonchev–Trinajstić information content (AvgIpc) is 3.50. The van der Waals surface area contributed by atoms with Gasteiger partial charge in [0.1, 0.15) is 28.5 Å². The van der Waals surface area contributed by atoms with E-state index in [1.54, 1.807) is 31.3 Å². The van der Waals surface area contributed by atoms with E-state index >= 15 is 0 Å². The third kappa shape index (κ3) is 3.83. The fraction of sp³-hybridized carbons (Fsp3) is 0.310. The number of imidazole rings is 1. The SMILES string of the molecule is CC(O)(c1ccc(-c2nc([C@@H]3CC[C@H]4CCC(=O)N4C3)n3ccnc(N)c23)cc1)c1cccc(C#N)c1. The number of aromatic nitrogens is 3. The van der Waals surface area contributed by atoms with Crippen molar-refractivity contribution in [3.8, 4) is 17.3 Å². The number of nitrogens with two attached hydrogens (primary N) is 1. The van der Waals surface area contributed by atoms with E-state index in [9.17, 15) is 15.2 Å². The Morgan fingerprint density at radius 1 is 1.14 bits per heavy atom. The fourth-order valence-electron chi connectivity index (χ4n) is 5.86. The lowest BCUT2D eigenvalue weighted by atomic mass is 9.87. The number of nitriles is 1. The summed E-state index contributed by atoms with van der Waals surface area (Å²) in [4.78, 5) is 23.8. The minimum Gasteiger partial charge on any atom is -0.382 e. The number of amides is 1. The minimum atomic E-state index is -1.27. The summed E-state index contributed by atoms with van der Waals surface area (Å²) in [6.07, 6.45) is 7.11. The molecule has 2 aliphatic rings. The van der Waals surface area contributed by atoms with Crippen LogP contribution in [0.25, 0.3) is 16.8 Å². The molecular formula is C29H28N6O2. The summed E-state index contributed by atoms with van der Waals surface area (Å²) in [7, 11) is 0. The van der Waals surface area contributed by atoms with E-state index in [2.05, 4.69) is 11.1 Å². The summed E-state index contributed by atoms with van der Waals surface area (Å²) in [5.41, 5.74) is 9.26. The number of anilines is 1. The second-order valence-corrected chi connectivity index (χ2v) is 10.2. The molecule has 6 rings (SSSR count). The highest BCUT2D eigenvalue weighted by molar-refractivity contribution is 5.85. The van der Waals surface area contributed by atoms with Crippen LogP contribution in [-0.4, -0.2) is 42.9 Å². The van der Waals surface area contributed by atoms with E-state index in [4.69, 9.17) is 10.7 Å². The molecule has 0 radical (unpaired) electrons. The molecule has 8 nitrogen and oxygen atoms in total. The molecular weight excluding hydrogens is 464 g/mol. The van der Waals surface area contributed by atoms with E-state index in [-0.39, 0.29) is 11.8 Å². The molecule has 1 amide bonds. The summed E-state index contributed by atoms with van der Waals surface area (Å²) in [6.45, 7) is 2.40. The summed E-state index contributed by atoms with van der Waals surface area (Å²) in [5, 5.41) is 20.6. The smallest absolute Gasteiger partial charge is 0.222 e. The predicted molar refractivity (Wildman–Crippen MR) is 139 cm³/mol. The molecule has 2 aromatic heterocycles. The number of fused-ring (bicyclic) bond motifs is 2. The highest BCUT2D eigenvalue weighted by Gasteiger charge is 2.38. The number of nitrogens with zero attached hydrogens (tertiary/aromatic N) is 5. The van der Waals surface area contributed by atoms with Crippen LogP contribution in [0.5, 0.6) is 0 Å². The Morgan fingerprint density at radius 2 is 1.95 bits per heavy atom. The lowest BCUT2D eigenvalue weighted by molar-refractivity contribution is -0.130. The number of carbonyl (C=O) groups excluding carboxylic acids is 1. The van der Waals surface area contributed by atoms with E-state index in [0.717, 1.165) is 41.9 Å². The number of nitrogen functional groups attached to an aromatic ring is 1. The molecule has 3 N–H and O–H groups in total. The van der Waals surface area contributed by atoms with Crippen LogP contribution < -0.4 is 5.73 Å². The van der Waals surface area contributed by atoms with E-state index in [1.165, 1.54) is 0 Å². The largest absolute Gasteiger partial charge is 0.382 e. The van der Waals surface area contributed by atoms with Crippen molar-refractivity contribution in [2.24, 2.45) is 0 Å². The molecule has 4 aromatic rings. The highest BCUT2D eigenvalue weighted by atomic mass is 16.3. The Kier molecular flexibility index (Phi) is 5.46. The number of carbonyl (C=O) groups is 1. The Hall–Kier alpha value is -4.22. The van der Waals surface area contributed by atoms with Gasteiger partial charge < -0.3 is 15.7 Å². The van der Waals surface area contributed by atoms with Crippen LogP contribution in [0.4, 0.5) is 5.82 Å². The van der Waals surface area contributed by atoms with Crippen molar-refractivity contribution in [1.82, 2.24) is 19.3 Å². The molecule has 0 aliphatic carbocycles. The number of hydrogen-bond donors (Lipinski definition) is 2. The van der Waals surface area contributed by atoms with Gasteiger partial charge in [-0.3, -0.25) is 9.20 Å². The highest BCUT2D eigenvalue weighted by Crippen LogP contribution is 2.38. The van der Waals surface area contributed by atoms with Crippen LogP contribution >= 0.6 is 0 Å². The van der Waals surface area contributed by atoms with Gasteiger partial charge >= 0.3 is 0 Å². The molecule has 0 saturated carbocycles. The Morgan fingerprint density at radius 3 is 2.73 bits per heavy atom. The van der Waals surface area contributed by atoms with Gasteiger partial charge in [-0.25, -0.2) is 9.97 Å². The standard InChI is InChI=1S/C29H28N6O2/c1-29(37,22-4-2-3-18(15-22)16-30)21-8-5-19(6-9-21)25-26-27(31)32-13-14-34(26)28(33-25)20-7-10-23-11-12-24(36)35(23)17-20/h2-6,8-9,13-15,20,23,37H,7,10-12,17H2,1H3,(H2,31,32)/t20-,23+,29?/m1/s1. The molecule has 4 heterocycles. The number of hydrogen-bond acceptors (Lipinski definition) is 6. The number of rotatable bonds is 4. The zero-order valence-electron chi connectivity index (χ0n) is 20.6. The molecule has 3 atom stereocenters. The third-order valence-corrected chi connectivity index (χ3v) is 7.97. The van der Waals surface area contributed by atoms with Crippen LogP contribution in [0, 0.1) is 11.3 Å². The van der Waals surface area contributed by atoms with Gasteiger partial charge in [0.15, 0.2) is 0 Å². The molecule has 2 aromatic carbocycles. The van der Waals surface area contributed by atoms with Gasteiger partial charge in [0.05, 0.1) is 11.6 Å². The molecule has 2 saturated heterocycles. The molecule has 8 heteroatoms. The van der Waals surface area contributed by atoms with Gasteiger partial charge in [-0.05, 0) is 49.4 Å². The monoisotopic (exact) mass is 492 g/mol. The summed E-state index contributed by atoms with van der Waals surface area (Å²) >= 11 is 0. The first kappa shape index (κ1) is 23.2. The molecule has 2 aliphatic heterocycles. The lowest BCUT2D eigenvalue weighted by Crippen LogP contribution is -2.41. The van der Waals surface area contributed by atoms with Gasteiger partial charge in [-0.2, -0.15) is 5.26 Å². The van der Waals surface area contributed by atoms with Crippen molar-refractivity contribution >= 4 is 17.2 Å². The molecule has 37 heavy (non-hydrogen) atoms. The Balaban J connectivity index is 1.37. The quantitative estimate of drug-likeness (QED) is 0.445. The van der Waals surface area contributed by atoms with Gasteiger partial charge in [0.25, 0.3) is 0 Å². The first-order valence-corrected chi connectivity index (χ1v) is 12.6. The van der Waals surface area contributed by atoms with Crippen LogP contribution in [0.1, 0.15) is 61.0 Å². The topological polar surface area (TPSA) is 121 Å². The van der Waals surface area contributed by atoms with Gasteiger partial charge in [-0.15, -0.1) is 0 Å². The second kappa shape index (κ2) is 8.71. The van der Waals surface area contributed by atoms with Crippen molar-refractivity contribution in [3.63, 3.8) is 0 Å². The zero-order valence-corrected chi connectivity index (χ0v) is 20.6. The first-order chi connectivity index (χ1) is 17.9. The third-order valence-electron chi connectivity index (χ3n) is 7.97. The maximum atomic E-state index is 12.4. The number of piperidine rings is 1. The first-order valence-electron chi connectivity index (χ1n) is 12.6. The van der Waals surface area contributed by atoms with Gasteiger partial charge in [-0.1, -0.05) is 36.4 Å². The maximum absolute atomic E-state index is 12.4. The average molecular weight is 493 g/mol. The van der Waals surface area contributed by atoms with E-state index < -0.39 is 5.60 Å². The van der Waals surface area contributed by atoms with Crippen molar-refractivity contribution < 1.29 is 9.90 Å². The normalized spacial score (nSPS) is 21.0. The van der Waals surface area contributed by atoms with Crippen molar-refractivity contribution in [2.75, 3.05) is 12.3 Å². The number of benzene rings is 2. The van der Waals surface area contributed by atoms with Crippen LogP contribution in [0.2, 0.25) is 0 Å². The predicted octanol–water partition coefficient (Wildman–Crippen LogP) is 3.97. The maximum Gasteiger partial charge on any atom is 0.222 e. The molecule has 0 bridgehead atoms. The van der Waals surface area contributed by atoms with Gasteiger partial charge in [0, 0.05) is 42.9 Å². The summed E-state index contributed by atoms with van der Waals surface area (Å²) < 4.78 is 2.01. The summed E-state index contributed by atoms with van der Waals surface area (Å²) in [6, 6.07) is 17.1. The second-order valence-electron chi connectivity index (χ2n) is 10.2. The van der Waals surface area contributed by atoms with Crippen LogP contribution in [0.3, 0.4) is 0 Å². The summed E-state index contributed by atoms with van der Waals surface area (Å²) in [5.74, 6) is 1.64. The molecule has 0 spiro atoms. The number of aliphatic hydroxyl groups is 1. The Bertz CT molecular complexity index is 1550. The zero-order chi connectivity index (χ0) is 25.7.